The third kappa shape index (κ3) is 6.66. The topological polar surface area (TPSA) is 18.5 Å². The SMILES string of the molecule is CCCN(CCN(C)C)CC1C(C)CC(C)CC1NCC. The molecule has 4 atom stereocenters. The van der Waals surface area contributed by atoms with Gasteiger partial charge in [0.05, 0.1) is 0 Å². The first kappa shape index (κ1) is 18.9. The van der Waals surface area contributed by atoms with E-state index in [1.54, 1.807) is 0 Å². The van der Waals surface area contributed by atoms with E-state index in [1.807, 2.05) is 0 Å². The van der Waals surface area contributed by atoms with E-state index in [9.17, 15) is 0 Å². The Morgan fingerprint density at radius 3 is 2.29 bits per heavy atom. The summed E-state index contributed by atoms with van der Waals surface area (Å²) in [6, 6.07) is 0.715. The first-order valence-corrected chi connectivity index (χ1v) is 9.08. The standard InChI is InChI=1S/C18H39N3/c1-7-9-21(11-10-20(5)6)14-17-16(4)12-15(3)13-18(17)19-8-2/h15-19H,7-14H2,1-6H3. The van der Waals surface area contributed by atoms with Gasteiger partial charge in [0.15, 0.2) is 0 Å². The van der Waals surface area contributed by atoms with Crippen molar-refractivity contribution in [1.82, 2.24) is 15.1 Å². The maximum atomic E-state index is 3.77. The van der Waals surface area contributed by atoms with E-state index in [1.165, 1.54) is 45.4 Å². The molecule has 1 fully saturated rings. The van der Waals surface area contributed by atoms with E-state index in [-0.39, 0.29) is 0 Å². The van der Waals surface area contributed by atoms with Crippen molar-refractivity contribution in [3.8, 4) is 0 Å². The summed E-state index contributed by atoms with van der Waals surface area (Å²) in [5.74, 6) is 2.54. The molecule has 1 saturated carbocycles. The molecule has 0 aromatic carbocycles. The average molecular weight is 298 g/mol. The lowest BCUT2D eigenvalue weighted by atomic mass is 9.72. The van der Waals surface area contributed by atoms with Crippen LogP contribution < -0.4 is 5.32 Å². The third-order valence-electron chi connectivity index (χ3n) is 5.02. The number of hydrogen-bond donors (Lipinski definition) is 1. The van der Waals surface area contributed by atoms with Crippen molar-refractivity contribution in [2.75, 3.05) is 46.8 Å². The van der Waals surface area contributed by atoms with Crippen LogP contribution in [0.1, 0.15) is 47.0 Å². The van der Waals surface area contributed by atoms with Gasteiger partial charge in [0.25, 0.3) is 0 Å². The van der Waals surface area contributed by atoms with Crippen LogP contribution in [0.5, 0.6) is 0 Å². The zero-order chi connectivity index (χ0) is 15.8. The summed E-state index contributed by atoms with van der Waals surface area (Å²) in [4.78, 5) is 5.00. The van der Waals surface area contributed by atoms with E-state index < -0.39 is 0 Å². The van der Waals surface area contributed by atoms with Crippen molar-refractivity contribution < 1.29 is 0 Å². The Bertz CT molecular complexity index is 267. The molecule has 1 aliphatic carbocycles. The van der Waals surface area contributed by atoms with Gasteiger partial charge in [-0.2, -0.15) is 0 Å². The van der Waals surface area contributed by atoms with Crippen LogP contribution in [0, 0.1) is 17.8 Å². The van der Waals surface area contributed by atoms with Gasteiger partial charge in [0.2, 0.25) is 0 Å². The highest BCUT2D eigenvalue weighted by molar-refractivity contribution is 4.89. The Balaban J connectivity index is 2.63. The molecular formula is C18H39N3. The molecule has 21 heavy (non-hydrogen) atoms. The second-order valence-electron chi connectivity index (χ2n) is 7.49. The average Bonchev–Trinajstić information content (AvgIpc) is 2.40. The molecule has 0 heterocycles. The van der Waals surface area contributed by atoms with Gasteiger partial charge in [-0.3, -0.25) is 0 Å². The molecule has 4 unspecified atom stereocenters. The minimum Gasteiger partial charge on any atom is -0.314 e. The summed E-state index contributed by atoms with van der Waals surface area (Å²) >= 11 is 0. The van der Waals surface area contributed by atoms with Gasteiger partial charge >= 0.3 is 0 Å². The summed E-state index contributed by atoms with van der Waals surface area (Å²) < 4.78 is 0. The summed E-state index contributed by atoms with van der Waals surface area (Å²) in [6.45, 7) is 15.4. The van der Waals surface area contributed by atoms with Crippen molar-refractivity contribution in [2.24, 2.45) is 17.8 Å². The Morgan fingerprint density at radius 2 is 1.71 bits per heavy atom. The summed E-state index contributed by atoms with van der Waals surface area (Å²) in [7, 11) is 4.35. The molecule has 0 radical (unpaired) electrons. The van der Waals surface area contributed by atoms with Crippen LogP contribution in [0.2, 0.25) is 0 Å². The monoisotopic (exact) mass is 297 g/mol. The predicted molar refractivity (Wildman–Crippen MR) is 93.8 cm³/mol. The first-order valence-electron chi connectivity index (χ1n) is 9.08. The highest BCUT2D eigenvalue weighted by atomic mass is 15.2. The van der Waals surface area contributed by atoms with Crippen molar-refractivity contribution in [1.29, 1.82) is 0 Å². The number of rotatable bonds is 9. The van der Waals surface area contributed by atoms with E-state index in [4.69, 9.17) is 0 Å². The number of nitrogens with zero attached hydrogens (tertiary/aromatic N) is 2. The maximum absolute atomic E-state index is 3.77. The lowest BCUT2D eigenvalue weighted by molar-refractivity contribution is 0.0980. The second kappa shape index (κ2) is 9.81. The molecule has 126 valence electrons. The van der Waals surface area contributed by atoms with Gasteiger partial charge in [-0.25, -0.2) is 0 Å². The fourth-order valence-electron chi connectivity index (χ4n) is 3.96. The molecule has 1 aliphatic rings. The van der Waals surface area contributed by atoms with Crippen LogP contribution in [0.3, 0.4) is 0 Å². The lowest BCUT2D eigenvalue weighted by Crippen LogP contribution is -2.49. The molecule has 0 aliphatic heterocycles. The Labute approximate surface area is 133 Å². The van der Waals surface area contributed by atoms with Gasteiger partial charge in [-0.1, -0.05) is 27.7 Å². The van der Waals surface area contributed by atoms with Crippen molar-refractivity contribution >= 4 is 0 Å². The van der Waals surface area contributed by atoms with Crippen LogP contribution >= 0.6 is 0 Å². The fourth-order valence-corrected chi connectivity index (χ4v) is 3.96. The summed E-state index contributed by atoms with van der Waals surface area (Å²) in [5, 5.41) is 3.77. The van der Waals surface area contributed by atoms with E-state index in [2.05, 4.69) is 56.9 Å². The quantitative estimate of drug-likeness (QED) is 0.706. The van der Waals surface area contributed by atoms with Crippen LogP contribution in [-0.2, 0) is 0 Å². The Kier molecular flexibility index (Phi) is 8.84. The molecule has 3 nitrogen and oxygen atoms in total. The molecule has 0 saturated heterocycles. The predicted octanol–water partition coefficient (Wildman–Crippen LogP) is 2.92. The lowest BCUT2D eigenvalue weighted by Gasteiger charge is -2.42. The highest BCUT2D eigenvalue weighted by Crippen LogP contribution is 2.34. The van der Waals surface area contributed by atoms with E-state index in [0.717, 1.165) is 24.3 Å². The van der Waals surface area contributed by atoms with Gasteiger partial charge in [0.1, 0.15) is 0 Å². The molecule has 3 heteroatoms. The van der Waals surface area contributed by atoms with Crippen molar-refractivity contribution in [3.63, 3.8) is 0 Å². The minimum absolute atomic E-state index is 0.715. The Hall–Kier alpha value is -0.120. The Morgan fingerprint density at radius 1 is 1.00 bits per heavy atom. The maximum Gasteiger partial charge on any atom is 0.0112 e. The van der Waals surface area contributed by atoms with Crippen LogP contribution in [0.25, 0.3) is 0 Å². The zero-order valence-electron chi connectivity index (χ0n) is 15.4. The third-order valence-corrected chi connectivity index (χ3v) is 5.02. The van der Waals surface area contributed by atoms with Gasteiger partial charge in [-0.05, 0) is 64.2 Å². The largest absolute Gasteiger partial charge is 0.314 e. The molecule has 0 bridgehead atoms. The normalized spacial score (nSPS) is 30.3. The fraction of sp³-hybridized carbons (Fsp3) is 1.00. The van der Waals surface area contributed by atoms with Crippen LogP contribution in [0.4, 0.5) is 0 Å². The van der Waals surface area contributed by atoms with Crippen LogP contribution in [-0.4, -0.2) is 62.7 Å². The molecule has 0 aromatic rings. The molecule has 0 aromatic heterocycles. The summed E-state index contributed by atoms with van der Waals surface area (Å²) in [5.41, 5.74) is 0. The molecule has 1 rings (SSSR count). The molecule has 0 amide bonds. The second-order valence-corrected chi connectivity index (χ2v) is 7.49. The summed E-state index contributed by atoms with van der Waals surface area (Å²) in [6.07, 6.45) is 4.02. The van der Waals surface area contributed by atoms with Crippen LogP contribution in [0.15, 0.2) is 0 Å². The number of hydrogen-bond acceptors (Lipinski definition) is 3. The molecule has 1 N–H and O–H groups in total. The smallest absolute Gasteiger partial charge is 0.0112 e. The number of nitrogens with one attached hydrogen (secondary N) is 1. The minimum atomic E-state index is 0.715. The zero-order valence-corrected chi connectivity index (χ0v) is 15.4. The number of likely N-dealkylation sites (N-methyl/N-ethyl adjacent to an activating group) is 1. The van der Waals surface area contributed by atoms with Gasteiger partial charge < -0.3 is 15.1 Å². The van der Waals surface area contributed by atoms with E-state index >= 15 is 0 Å². The highest BCUT2D eigenvalue weighted by Gasteiger charge is 2.34. The van der Waals surface area contributed by atoms with Gasteiger partial charge in [0, 0.05) is 25.7 Å². The van der Waals surface area contributed by atoms with E-state index in [0.29, 0.717) is 6.04 Å². The van der Waals surface area contributed by atoms with Gasteiger partial charge in [-0.15, -0.1) is 0 Å². The first-order chi connectivity index (χ1) is 9.97. The molecule has 0 spiro atoms. The van der Waals surface area contributed by atoms with Crippen molar-refractivity contribution in [2.45, 2.75) is 53.0 Å². The molecular weight excluding hydrogens is 258 g/mol. The van der Waals surface area contributed by atoms with Crippen molar-refractivity contribution in [3.05, 3.63) is 0 Å².